The van der Waals surface area contributed by atoms with Gasteiger partial charge in [0.05, 0.1) is 23.5 Å². The van der Waals surface area contributed by atoms with Gasteiger partial charge in [-0.25, -0.2) is 0 Å². The number of anilines is 2. The lowest BCUT2D eigenvalue weighted by molar-refractivity contribution is -0.118. The van der Waals surface area contributed by atoms with E-state index >= 15 is 0 Å². The number of rotatable bonds is 6. The van der Waals surface area contributed by atoms with Crippen LogP contribution in [0.5, 0.6) is 0 Å². The highest BCUT2D eigenvalue weighted by molar-refractivity contribution is 7.80. The van der Waals surface area contributed by atoms with E-state index in [-0.39, 0.29) is 23.9 Å². The average molecular weight is 574 g/mol. The molecule has 0 saturated carbocycles. The summed E-state index contributed by atoms with van der Waals surface area (Å²) in [5.41, 5.74) is 8.32. The first-order chi connectivity index (χ1) is 20.2. The van der Waals surface area contributed by atoms with Gasteiger partial charge >= 0.3 is 0 Å². The van der Waals surface area contributed by atoms with Crippen LogP contribution in [0.25, 0.3) is 16.5 Å². The van der Waals surface area contributed by atoms with Crippen molar-refractivity contribution >= 4 is 45.4 Å². The maximum atomic E-state index is 12.4. The normalized spacial score (nSPS) is 16.7. The van der Waals surface area contributed by atoms with E-state index in [1.54, 1.807) is 0 Å². The van der Waals surface area contributed by atoms with Crippen molar-refractivity contribution in [2.24, 2.45) is 5.92 Å². The highest BCUT2D eigenvalue weighted by Gasteiger charge is 2.42. The van der Waals surface area contributed by atoms with E-state index in [2.05, 4.69) is 94.6 Å². The van der Waals surface area contributed by atoms with Crippen molar-refractivity contribution in [3.63, 3.8) is 0 Å². The Balaban J connectivity index is 1.49. The van der Waals surface area contributed by atoms with Crippen molar-refractivity contribution in [3.05, 3.63) is 119 Å². The summed E-state index contributed by atoms with van der Waals surface area (Å²) in [6.07, 6.45) is 1.83. The maximum Gasteiger partial charge on any atom is 0.226 e. The molecule has 3 aromatic carbocycles. The molecule has 2 atom stereocenters. The summed E-state index contributed by atoms with van der Waals surface area (Å²) >= 11 is 6.01. The van der Waals surface area contributed by atoms with Gasteiger partial charge in [0.25, 0.3) is 0 Å². The average Bonchev–Trinajstić information content (AvgIpc) is 3.48. The molecule has 42 heavy (non-hydrogen) atoms. The molecule has 7 heteroatoms. The Bertz CT molecular complexity index is 1800. The number of carbonyl (C=O) groups is 1. The molecule has 0 unspecified atom stereocenters. The fourth-order valence-electron chi connectivity index (χ4n) is 6.03. The third-order valence-electron chi connectivity index (χ3n) is 8.16. The van der Waals surface area contributed by atoms with Gasteiger partial charge in [0.1, 0.15) is 0 Å². The number of thiocarbonyl (C=S) groups is 1. The molecule has 5 aromatic rings. The molecule has 0 spiro atoms. The SMILES string of the molecule is Cc1cc(N2C(=S)N[C@@H](c3ccccn3)[C@@H]2c2cc(C)n(-c3cccc4ccccc34)c2C)ccc1NC(=O)C(C)C. The smallest absolute Gasteiger partial charge is 0.226 e. The minimum absolute atomic E-state index is 0.00169. The predicted octanol–water partition coefficient (Wildman–Crippen LogP) is 7.72. The largest absolute Gasteiger partial charge is 0.351 e. The molecular formula is C35H35N5OS. The van der Waals surface area contributed by atoms with Crippen LogP contribution >= 0.6 is 12.2 Å². The van der Waals surface area contributed by atoms with Gasteiger partial charge in [-0.1, -0.05) is 56.3 Å². The number of hydrogen-bond acceptors (Lipinski definition) is 3. The van der Waals surface area contributed by atoms with Crippen LogP contribution in [-0.4, -0.2) is 20.6 Å². The Kier molecular flexibility index (Phi) is 7.29. The monoisotopic (exact) mass is 573 g/mol. The minimum Gasteiger partial charge on any atom is -0.351 e. The fraction of sp³-hybridized carbons (Fsp3) is 0.229. The summed E-state index contributed by atoms with van der Waals surface area (Å²) in [5, 5.41) is 9.70. The lowest BCUT2D eigenvalue weighted by atomic mass is 9.96. The van der Waals surface area contributed by atoms with Crippen LogP contribution in [0.1, 0.15) is 54.1 Å². The Morgan fingerprint density at radius 1 is 0.952 bits per heavy atom. The zero-order chi connectivity index (χ0) is 29.5. The van der Waals surface area contributed by atoms with Gasteiger partial charge in [0, 0.05) is 40.3 Å². The molecular weight excluding hydrogens is 538 g/mol. The first kappa shape index (κ1) is 27.7. The second-order valence-corrected chi connectivity index (χ2v) is 11.7. The number of amides is 1. The van der Waals surface area contributed by atoms with E-state index < -0.39 is 0 Å². The van der Waals surface area contributed by atoms with Crippen LogP contribution in [0.3, 0.4) is 0 Å². The third-order valence-corrected chi connectivity index (χ3v) is 8.48. The Morgan fingerprint density at radius 3 is 2.45 bits per heavy atom. The lowest BCUT2D eigenvalue weighted by Crippen LogP contribution is -2.29. The van der Waals surface area contributed by atoms with Gasteiger partial charge in [-0.05, 0) is 92.0 Å². The van der Waals surface area contributed by atoms with E-state index in [4.69, 9.17) is 17.2 Å². The van der Waals surface area contributed by atoms with E-state index in [1.807, 2.05) is 51.2 Å². The molecule has 1 amide bonds. The number of fused-ring (bicyclic) bond motifs is 1. The summed E-state index contributed by atoms with van der Waals surface area (Å²) < 4.78 is 2.35. The van der Waals surface area contributed by atoms with Crippen molar-refractivity contribution in [2.45, 2.75) is 46.7 Å². The summed E-state index contributed by atoms with van der Waals surface area (Å²) in [4.78, 5) is 19.3. The van der Waals surface area contributed by atoms with Crippen LogP contribution in [0.4, 0.5) is 11.4 Å². The number of carbonyl (C=O) groups excluding carboxylic acids is 1. The molecule has 2 aromatic heterocycles. The third kappa shape index (κ3) is 4.84. The van der Waals surface area contributed by atoms with Crippen molar-refractivity contribution < 1.29 is 4.79 Å². The molecule has 0 radical (unpaired) electrons. The number of nitrogens with zero attached hydrogens (tertiary/aromatic N) is 3. The molecule has 6 rings (SSSR count). The molecule has 3 heterocycles. The molecule has 0 aliphatic carbocycles. The van der Waals surface area contributed by atoms with Crippen molar-refractivity contribution in [1.29, 1.82) is 0 Å². The molecule has 0 bridgehead atoms. The summed E-state index contributed by atoms with van der Waals surface area (Å²) in [7, 11) is 0. The first-order valence-corrected chi connectivity index (χ1v) is 14.7. The highest BCUT2D eigenvalue weighted by Crippen LogP contribution is 2.44. The summed E-state index contributed by atoms with van der Waals surface area (Å²) in [5.74, 6) is -0.0990. The molecule has 1 aliphatic heterocycles. The maximum absolute atomic E-state index is 12.4. The Morgan fingerprint density at radius 2 is 1.71 bits per heavy atom. The van der Waals surface area contributed by atoms with Gasteiger partial charge in [0.15, 0.2) is 5.11 Å². The number of nitrogens with one attached hydrogen (secondary N) is 2. The van der Waals surface area contributed by atoms with Crippen LogP contribution in [0.15, 0.2) is 91.1 Å². The first-order valence-electron chi connectivity index (χ1n) is 14.3. The van der Waals surface area contributed by atoms with E-state index in [1.165, 1.54) is 16.3 Å². The lowest BCUT2D eigenvalue weighted by Gasteiger charge is -2.29. The molecule has 1 aliphatic rings. The van der Waals surface area contributed by atoms with Crippen molar-refractivity contribution in [2.75, 3.05) is 10.2 Å². The minimum atomic E-state index is -0.152. The number of aromatic nitrogens is 2. The zero-order valence-electron chi connectivity index (χ0n) is 24.6. The fourth-order valence-corrected chi connectivity index (χ4v) is 6.37. The standard InChI is InChI=1S/C35H35N5OS/c1-21(2)34(41)37-29-17-16-26(19-22(29)3)40-33(32(38-35(40)42)30-14-8-9-18-36-30)28-20-23(4)39(24(28)5)31-15-10-12-25-11-6-7-13-27(25)31/h6-21,32-33H,1-5H3,(H,37,41)(H,38,42)/t32-,33-/m0/s1. The van der Waals surface area contributed by atoms with Crippen molar-refractivity contribution in [3.8, 4) is 5.69 Å². The second kappa shape index (κ2) is 11.1. The molecule has 212 valence electrons. The van der Waals surface area contributed by atoms with E-state index in [0.717, 1.165) is 39.7 Å². The van der Waals surface area contributed by atoms with Crippen LogP contribution in [-0.2, 0) is 4.79 Å². The number of hydrogen-bond donors (Lipinski definition) is 2. The quantitative estimate of drug-likeness (QED) is 0.204. The zero-order valence-corrected chi connectivity index (χ0v) is 25.4. The van der Waals surface area contributed by atoms with Gasteiger partial charge in [-0.2, -0.15) is 0 Å². The summed E-state index contributed by atoms with van der Waals surface area (Å²) in [6.45, 7) is 10.2. The topological polar surface area (TPSA) is 62.2 Å². The summed E-state index contributed by atoms with van der Waals surface area (Å²) in [6, 6.07) is 29.1. The number of pyridine rings is 1. The van der Waals surface area contributed by atoms with E-state index in [9.17, 15) is 4.79 Å². The molecule has 6 nitrogen and oxygen atoms in total. The highest BCUT2D eigenvalue weighted by atomic mass is 32.1. The Labute approximate surface area is 252 Å². The number of aryl methyl sites for hydroxylation is 2. The van der Waals surface area contributed by atoms with Gasteiger partial charge in [0.2, 0.25) is 5.91 Å². The number of benzene rings is 3. The predicted molar refractivity (Wildman–Crippen MR) is 175 cm³/mol. The molecule has 1 fully saturated rings. The Hall–Kier alpha value is -4.49. The van der Waals surface area contributed by atoms with Crippen LogP contribution < -0.4 is 15.5 Å². The van der Waals surface area contributed by atoms with Crippen molar-refractivity contribution in [1.82, 2.24) is 14.9 Å². The van der Waals surface area contributed by atoms with Gasteiger partial charge in [-0.15, -0.1) is 0 Å². The van der Waals surface area contributed by atoms with Crippen LogP contribution in [0, 0.1) is 26.7 Å². The van der Waals surface area contributed by atoms with Crippen LogP contribution in [0.2, 0.25) is 0 Å². The second-order valence-electron chi connectivity index (χ2n) is 11.3. The van der Waals surface area contributed by atoms with Gasteiger partial charge in [-0.3, -0.25) is 9.78 Å². The van der Waals surface area contributed by atoms with Gasteiger partial charge < -0.3 is 20.1 Å². The molecule has 2 N–H and O–H groups in total. The van der Waals surface area contributed by atoms with E-state index in [0.29, 0.717) is 5.11 Å². The molecule has 1 saturated heterocycles.